The number of aliphatic hydroxyl groups is 1. The van der Waals surface area contributed by atoms with Gasteiger partial charge in [-0.3, -0.25) is 4.79 Å². The second-order valence-electron chi connectivity index (χ2n) is 12.7. The molecule has 0 bridgehead atoms. The van der Waals surface area contributed by atoms with E-state index in [1.165, 1.54) is 19.1 Å². The molecule has 0 aliphatic heterocycles. The lowest BCUT2D eigenvalue weighted by Crippen LogP contribution is -2.70. The summed E-state index contributed by atoms with van der Waals surface area (Å²) in [6, 6.07) is 1.74. The van der Waals surface area contributed by atoms with E-state index >= 15 is 8.78 Å². The van der Waals surface area contributed by atoms with Crippen molar-refractivity contribution in [3.05, 3.63) is 23.6 Å². The van der Waals surface area contributed by atoms with Gasteiger partial charge >= 0.3 is 12.1 Å². The maximum absolute atomic E-state index is 17.5. The number of fused-ring (bicyclic) bond motifs is 5. The average Bonchev–Trinajstić information content (AvgIpc) is 3.10. The molecule has 220 valence electrons. The fraction of sp³-hybridized carbons (Fsp3) is 0.733. The van der Waals surface area contributed by atoms with Gasteiger partial charge in [0.25, 0.3) is 0 Å². The Morgan fingerprint density at radius 1 is 1.27 bits per heavy atom. The second kappa shape index (κ2) is 10.2. The van der Waals surface area contributed by atoms with Gasteiger partial charge in [0.05, 0.1) is 6.10 Å². The normalized spacial score (nSPS) is 41.0. The molecular formula is C30H39F2NO7. The first kappa shape index (κ1) is 30.2. The van der Waals surface area contributed by atoms with Gasteiger partial charge in [0.2, 0.25) is 5.60 Å². The number of ketones is 1. The zero-order valence-corrected chi connectivity index (χ0v) is 24.0. The third kappa shape index (κ3) is 4.02. The molecule has 9 atom stereocenters. The molecule has 0 saturated heterocycles. The number of ether oxygens (including phenoxy) is 3. The molecule has 0 spiro atoms. The van der Waals surface area contributed by atoms with Gasteiger partial charge in [-0.15, -0.1) is 0 Å². The first-order chi connectivity index (χ1) is 18.6. The van der Waals surface area contributed by atoms with E-state index < -0.39 is 76.6 Å². The van der Waals surface area contributed by atoms with Crippen molar-refractivity contribution >= 4 is 17.9 Å². The quantitative estimate of drug-likeness (QED) is 0.432. The molecule has 2 fully saturated rings. The highest BCUT2D eigenvalue weighted by molar-refractivity contribution is 5.93. The highest BCUT2D eigenvalue weighted by atomic mass is 19.1. The van der Waals surface area contributed by atoms with Crippen LogP contribution < -0.4 is 0 Å². The summed E-state index contributed by atoms with van der Waals surface area (Å²) in [6.07, 6.45) is -0.988. The monoisotopic (exact) mass is 563 g/mol. The highest BCUT2D eigenvalue weighted by Crippen LogP contribution is 2.71. The number of rotatable bonds is 6. The fourth-order valence-corrected chi connectivity index (χ4v) is 8.37. The van der Waals surface area contributed by atoms with Crippen molar-refractivity contribution in [2.45, 2.75) is 97.1 Å². The third-order valence-electron chi connectivity index (χ3n) is 10.4. The van der Waals surface area contributed by atoms with Gasteiger partial charge < -0.3 is 19.3 Å². The molecule has 0 aromatic heterocycles. The first-order valence-corrected chi connectivity index (χ1v) is 14.0. The zero-order chi connectivity index (χ0) is 29.8. The molecule has 40 heavy (non-hydrogen) atoms. The Kier molecular flexibility index (Phi) is 7.72. The molecular weight excluding hydrogens is 524 g/mol. The molecule has 0 radical (unpaired) electrons. The Hall–Kier alpha value is -2.80. The third-order valence-corrected chi connectivity index (χ3v) is 10.4. The van der Waals surface area contributed by atoms with Crippen molar-refractivity contribution in [1.29, 1.82) is 5.26 Å². The summed E-state index contributed by atoms with van der Waals surface area (Å²) in [7, 11) is 0. The van der Waals surface area contributed by atoms with Crippen molar-refractivity contribution in [1.82, 2.24) is 0 Å². The molecule has 4 aliphatic carbocycles. The van der Waals surface area contributed by atoms with Gasteiger partial charge in [0.15, 0.2) is 18.1 Å². The van der Waals surface area contributed by atoms with Crippen LogP contribution in [0.15, 0.2) is 23.6 Å². The van der Waals surface area contributed by atoms with Crippen LogP contribution in [0.1, 0.15) is 73.6 Å². The lowest BCUT2D eigenvalue weighted by atomic mass is 9.45. The first-order valence-electron chi connectivity index (χ1n) is 14.0. The standard InChI is InChI=1S/C30H39F2NO7/c1-7-23(16(2)3)39-26(37)40-30(25(36)38-11-10-33)17(4)12-19-20-14-22(31)21-13-18(34)8-9-27(21,5)29(20,32)24(35)15-28(19,30)6/h8-9,16-17,19-20,23-24,35H,7,11-15H2,1-6H3/t17-,19+,20+,23?,24+,27+,28+,29+,30+/m1/s1. The van der Waals surface area contributed by atoms with Crippen LogP contribution in [0, 0.1) is 45.8 Å². The van der Waals surface area contributed by atoms with Gasteiger partial charge in [0.1, 0.15) is 18.0 Å². The second-order valence-corrected chi connectivity index (χ2v) is 12.7. The zero-order valence-electron chi connectivity index (χ0n) is 24.0. The van der Waals surface area contributed by atoms with Crippen molar-refractivity contribution in [2.75, 3.05) is 6.61 Å². The van der Waals surface area contributed by atoms with E-state index in [2.05, 4.69) is 0 Å². The smallest absolute Gasteiger partial charge is 0.447 e. The molecule has 1 N–H and O–H groups in total. The summed E-state index contributed by atoms with van der Waals surface area (Å²) in [6.45, 7) is 9.78. The van der Waals surface area contributed by atoms with Crippen molar-refractivity contribution < 1.29 is 42.5 Å². The van der Waals surface area contributed by atoms with E-state index in [-0.39, 0.29) is 43.0 Å². The lowest BCUT2D eigenvalue weighted by Gasteiger charge is -2.62. The number of nitriles is 1. The highest BCUT2D eigenvalue weighted by Gasteiger charge is 2.78. The number of hydrogen-bond acceptors (Lipinski definition) is 8. The van der Waals surface area contributed by atoms with E-state index in [1.54, 1.807) is 19.9 Å². The molecule has 4 rings (SSSR count). The van der Waals surface area contributed by atoms with Gasteiger partial charge in [-0.05, 0) is 49.7 Å². The Morgan fingerprint density at radius 2 is 1.95 bits per heavy atom. The number of alkyl halides is 1. The van der Waals surface area contributed by atoms with Crippen molar-refractivity contribution in [3.63, 3.8) is 0 Å². The molecule has 8 nitrogen and oxygen atoms in total. The van der Waals surface area contributed by atoms with Crippen LogP contribution in [0.25, 0.3) is 0 Å². The van der Waals surface area contributed by atoms with E-state index in [0.29, 0.717) is 6.42 Å². The van der Waals surface area contributed by atoms with Crippen LogP contribution in [0.3, 0.4) is 0 Å². The molecule has 0 aromatic rings. The maximum atomic E-state index is 17.5. The number of esters is 1. The van der Waals surface area contributed by atoms with E-state index in [9.17, 15) is 19.5 Å². The Bertz CT molecular complexity index is 1190. The van der Waals surface area contributed by atoms with E-state index in [4.69, 9.17) is 19.5 Å². The Morgan fingerprint density at radius 3 is 2.55 bits per heavy atom. The van der Waals surface area contributed by atoms with Crippen molar-refractivity contribution in [2.24, 2.45) is 34.5 Å². The summed E-state index contributed by atoms with van der Waals surface area (Å²) in [5, 5.41) is 20.7. The summed E-state index contributed by atoms with van der Waals surface area (Å²) in [5.74, 6) is -4.52. The number of halogens is 2. The minimum Gasteiger partial charge on any atom is -0.447 e. The number of allylic oxidation sites excluding steroid dienone is 4. The molecule has 0 aromatic carbocycles. The molecule has 4 aliphatic rings. The average molecular weight is 564 g/mol. The molecule has 10 heteroatoms. The summed E-state index contributed by atoms with van der Waals surface area (Å²) < 4.78 is 49.9. The Labute approximate surface area is 233 Å². The predicted octanol–water partition coefficient (Wildman–Crippen LogP) is 5.29. The van der Waals surface area contributed by atoms with Crippen LogP contribution >= 0.6 is 0 Å². The van der Waals surface area contributed by atoms with Crippen LogP contribution in [0.5, 0.6) is 0 Å². The molecule has 2 saturated carbocycles. The van der Waals surface area contributed by atoms with E-state index in [1.807, 2.05) is 20.8 Å². The largest absolute Gasteiger partial charge is 0.509 e. The van der Waals surface area contributed by atoms with Gasteiger partial charge in [-0.1, -0.05) is 40.7 Å². The fourth-order valence-electron chi connectivity index (χ4n) is 8.37. The van der Waals surface area contributed by atoms with Crippen LogP contribution in [0.4, 0.5) is 13.6 Å². The number of aliphatic hydroxyl groups excluding tert-OH is 1. The Balaban J connectivity index is 1.82. The summed E-state index contributed by atoms with van der Waals surface area (Å²) >= 11 is 0. The van der Waals surface area contributed by atoms with Gasteiger partial charge in [-0.25, -0.2) is 18.4 Å². The van der Waals surface area contributed by atoms with Gasteiger partial charge in [-0.2, -0.15) is 5.26 Å². The predicted molar refractivity (Wildman–Crippen MR) is 139 cm³/mol. The van der Waals surface area contributed by atoms with Gasteiger partial charge in [0, 0.05) is 35.5 Å². The number of carbonyl (C=O) groups is 3. The van der Waals surface area contributed by atoms with Crippen LogP contribution in [0.2, 0.25) is 0 Å². The van der Waals surface area contributed by atoms with E-state index in [0.717, 1.165) is 0 Å². The molecule has 0 heterocycles. The summed E-state index contributed by atoms with van der Waals surface area (Å²) in [5.41, 5.74) is -7.30. The van der Waals surface area contributed by atoms with Crippen molar-refractivity contribution in [3.8, 4) is 6.07 Å². The lowest BCUT2D eigenvalue weighted by molar-refractivity contribution is -0.229. The SMILES string of the molecule is CCC(OC(=O)O[C@]1(C(=O)OCC#N)[C@H](C)C[C@H]2[C@@H]3CC(F)=C4CC(=O)C=C[C@]4(C)[C@@]3(F)[C@@H](O)C[C@@]21C)C(C)C. The minimum absolute atomic E-state index is 0.0330. The topological polar surface area (TPSA) is 123 Å². The summed E-state index contributed by atoms with van der Waals surface area (Å²) in [4.78, 5) is 39.1. The minimum atomic E-state index is -2.35. The maximum Gasteiger partial charge on any atom is 0.509 e. The van der Waals surface area contributed by atoms with Crippen LogP contribution in [-0.2, 0) is 23.8 Å². The number of nitrogens with zero attached hydrogens (tertiary/aromatic N) is 1. The molecule has 1 unspecified atom stereocenters. The number of hydrogen-bond donors (Lipinski definition) is 1. The number of carbonyl (C=O) groups excluding carboxylic acids is 3. The van der Waals surface area contributed by atoms with Crippen LogP contribution in [-0.4, -0.2) is 53.1 Å². The molecule has 0 amide bonds.